The molecule has 0 unspecified atom stereocenters. The Bertz CT molecular complexity index is 600. The summed E-state index contributed by atoms with van der Waals surface area (Å²) in [6, 6.07) is 16.2. The van der Waals surface area contributed by atoms with Crippen LogP contribution in [0.4, 0.5) is 11.4 Å². The quantitative estimate of drug-likeness (QED) is 0.820. The van der Waals surface area contributed by atoms with E-state index in [1.165, 1.54) is 11.1 Å². The number of anilines is 2. The highest BCUT2D eigenvalue weighted by molar-refractivity contribution is 5.90. The largest absolute Gasteiger partial charge is 0.385 e. The molecule has 2 N–H and O–H groups in total. The second-order valence-electron chi connectivity index (χ2n) is 5.87. The Kier molecular flexibility index (Phi) is 5.59. The molecular formula is C19H24N2O. The zero-order valence-corrected chi connectivity index (χ0v) is 13.5. The van der Waals surface area contributed by atoms with Crippen molar-refractivity contribution in [1.82, 2.24) is 0 Å². The molecule has 0 aliphatic carbocycles. The van der Waals surface area contributed by atoms with Crippen LogP contribution in [0.1, 0.15) is 37.3 Å². The van der Waals surface area contributed by atoms with Crippen molar-refractivity contribution in [2.75, 3.05) is 17.2 Å². The SMILES string of the molecule is Cc1ccc(NC(=O)CCNc2ccc(C(C)C)cc2)cc1. The molecule has 0 aliphatic heterocycles. The number of hydrogen-bond donors (Lipinski definition) is 2. The first-order valence-corrected chi connectivity index (χ1v) is 7.75. The summed E-state index contributed by atoms with van der Waals surface area (Å²) in [6.07, 6.45) is 0.444. The molecular weight excluding hydrogens is 272 g/mol. The normalized spacial score (nSPS) is 10.5. The van der Waals surface area contributed by atoms with Gasteiger partial charge in [0, 0.05) is 24.3 Å². The fourth-order valence-corrected chi connectivity index (χ4v) is 2.17. The molecule has 0 aromatic heterocycles. The van der Waals surface area contributed by atoms with Gasteiger partial charge in [-0.1, -0.05) is 43.7 Å². The van der Waals surface area contributed by atoms with Crippen molar-refractivity contribution in [3.8, 4) is 0 Å². The van der Waals surface area contributed by atoms with Gasteiger partial charge in [0.25, 0.3) is 0 Å². The summed E-state index contributed by atoms with van der Waals surface area (Å²) < 4.78 is 0. The van der Waals surface area contributed by atoms with Gasteiger partial charge in [0.2, 0.25) is 5.91 Å². The standard InChI is InChI=1S/C19H24N2O/c1-14(2)16-6-10-17(11-7-16)20-13-12-19(22)21-18-8-4-15(3)5-9-18/h4-11,14,20H,12-13H2,1-3H3,(H,21,22). The molecule has 0 aliphatic rings. The van der Waals surface area contributed by atoms with Crippen molar-refractivity contribution >= 4 is 17.3 Å². The molecule has 0 saturated heterocycles. The Morgan fingerprint density at radius 1 is 0.955 bits per heavy atom. The topological polar surface area (TPSA) is 41.1 Å². The smallest absolute Gasteiger partial charge is 0.226 e. The fourth-order valence-electron chi connectivity index (χ4n) is 2.17. The van der Waals surface area contributed by atoms with Crippen molar-refractivity contribution in [2.45, 2.75) is 33.1 Å². The average molecular weight is 296 g/mol. The van der Waals surface area contributed by atoms with Crippen molar-refractivity contribution in [3.05, 3.63) is 59.7 Å². The Morgan fingerprint density at radius 3 is 2.14 bits per heavy atom. The van der Waals surface area contributed by atoms with E-state index in [0.717, 1.165) is 11.4 Å². The van der Waals surface area contributed by atoms with Crippen LogP contribution in [0.2, 0.25) is 0 Å². The summed E-state index contributed by atoms with van der Waals surface area (Å²) in [6.45, 7) is 7.01. The number of amides is 1. The van der Waals surface area contributed by atoms with Gasteiger partial charge in [-0.15, -0.1) is 0 Å². The number of carbonyl (C=O) groups is 1. The number of aryl methyl sites for hydroxylation is 1. The molecule has 0 fully saturated rings. The molecule has 116 valence electrons. The molecule has 0 radical (unpaired) electrons. The van der Waals surface area contributed by atoms with Crippen molar-refractivity contribution in [1.29, 1.82) is 0 Å². The van der Waals surface area contributed by atoms with Crippen LogP contribution in [0.15, 0.2) is 48.5 Å². The van der Waals surface area contributed by atoms with E-state index in [9.17, 15) is 4.79 Å². The van der Waals surface area contributed by atoms with Crippen LogP contribution in [-0.4, -0.2) is 12.5 Å². The molecule has 3 nitrogen and oxygen atoms in total. The van der Waals surface area contributed by atoms with Gasteiger partial charge in [0.1, 0.15) is 0 Å². The lowest BCUT2D eigenvalue weighted by Gasteiger charge is -2.09. The monoisotopic (exact) mass is 296 g/mol. The second-order valence-corrected chi connectivity index (χ2v) is 5.87. The average Bonchev–Trinajstić information content (AvgIpc) is 2.50. The van der Waals surface area contributed by atoms with E-state index in [2.05, 4.69) is 48.7 Å². The lowest BCUT2D eigenvalue weighted by atomic mass is 10.0. The number of rotatable bonds is 6. The Hall–Kier alpha value is -2.29. The predicted octanol–water partition coefficient (Wildman–Crippen LogP) is 4.56. The van der Waals surface area contributed by atoms with Crippen molar-refractivity contribution < 1.29 is 4.79 Å². The van der Waals surface area contributed by atoms with Crippen LogP contribution >= 0.6 is 0 Å². The number of benzene rings is 2. The summed E-state index contributed by atoms with van der Waals surface area (Å²) >= 11 is 0. The summed E-state index contributed by atoms with van der Waals surface area (Å²) in [5.41, 5.74) is 4.40. The summed E-state index contributed by atoms with van der Waals surface area (Å²) in [5.74, 6) is 0.560. The summed E-state index contributed by atoms with van der Waals surface area (Å²) in [4.78, 5) is 11.9. The minimum Gasteiger partial charge on any atom is -0.385 e. The molecule has 2 rings (SSSR count). The van der Waals surface area contributed by atoms with E-state index in [1.807, 2.05) is 31.2 Å². The highest BCUT2D eigenvalue weighted by atomic mass is 16.1. The van der Waals surface area contributed by atoms with Gasteiger partial charge in [0.15, 0.2) is 0 Å². The number of nitrogens with one attached hydrogen (secondary N) is 2. The van der Waals surface area contributed by atoms with Gasteiger partial charge in [0.05, 0.1) is 0 Å². The van der Waals surface area contributed by atoms with Gasteiger partial charge < -0.3 is 10.6 Å². The van der Waals surface area contributed by atoms with E-state index in [-0.39, 0.29) is 5.91 Å². The Labute approximate surface area is 132 Å². The van der Waals surface area contributed by atoms with Crippen LogP contribution < -0.4 is 10.6 Å². The van der Waals surface area contributed by atoms with Gasteiger partial charge in [-0.05, 0) is 42.7 Å². The van der Waals surface area contributed by atoms with E-state index in [4.69, 9.17) is 0 Å². The summed E-state index contributed by atoms with van der Waals surface area (Å²) in [7, 11) is 0. The third-order valence-electron chi connectivity index (χ3n) is 3.59. The molecule has 2 aromatic rings. The zero-order valence-electron chi connectivity index (χ0n) is 13.5. The predicted molar refractivity (Wildman–Crippen MR) is 93.4 cm³/mol. The maximum absolute atomic E-state index is 11.9. The van der Waals surface area contributed by atoms with Gasteiger partial charge in [-0.3, -0.25) is 4.79 Å². The first kappa shape index (κ1) is 16.1. The van der Waals surface area contributed by atoms with E-state index in [0.29, 0.717) is 18.9 Å². The second kappa shape index (κ2) is 7.64. The first-order valence-electron chi connectivity index (χ1n) is 7.75. The molecule has 0 saturated carbocycles. The minimum absolute atomic E-state index is 0.0233. The maximum atomic E-state index is 11.9. The molecule has 0 atom stereocenters. The highest BCUT2D eigenvalue weighted by Gasteiger charge is 2.03. The Morgan fingerprint density at radius 2 is 1.55 bits per heavy atom. The Balaban J connectivity index is 1.75. The van der Waals surface area contributed by atoms with Crippen LogP contribution in [0.25, 0.3) is 0 Å². The molecule has 1 amide bonds. The fraction of sp³-hybridized carbons (Fsp3) is 0.316. The lowest BCUT2D eigenvalue weighted by Crippen LogP contribution is -2.16. The highest BCUT2D eigenvalue weighted by Crippen LogP contribution is 2.17. The zero-order chi connectivity index (χ0) is 15.9. The van der Waals surface area contributed by atoms with Crippen molar-refractivity contribution in [3.63, 3.8) is 0 Å². The maximum Gasteiger partial charge on any atom is 0.226 e. The molecule has 2 aromatic carbocycles. The minimum atomic E-state index is 0.0233. The van der Waals surface area contributed by atoms with E-state index < -0.39 is 0 Å². The van der Waals surface area contributed by atoms with E-state index >= 15 is 0 Å². The molecule has 3 heteroatoms. The molecule has 0 spiro atoms. The first-order chi connectivity index (χ1) is 10.5. The van der Waals surface area contributed by atoms with E-state index in [1.54, 1.807) is 0 Å². The van der Waals surface area contributed by atoms with Gasteiger partial charge >= 0.3 is 0 Å². The van der Waals surface area contributed by atoms with Crippen molar-refractivity contribution in [2.24, 2.45) is 0 Å². The van der Waals surface area contributed by atoms with Gasteiger partial charge in [-0.25, -0.2) is 0 Å². The third kappa shape index (κ3) is 4.92. The molecule has 0 bridgehead atoms. The molecule has 22 heavy (non-hydrogen) atoms. The molecule has 0 heterocycles. The van der Waals surface area contributed by atoms with Crippen LogP contribution in [0.5, 0.6) is 0 Å². The summed E-state index contributed by atoms with van der Waals surface area (Å²) in [5, 5.41) is 6.18. The van der Waals surface area contributed by atoms with Gasteiger partial charge in [-0.2, -0.15) is 0 Å². The number of carbonyl (C=O) groups excluding carboxylic acids is 1. The van der Waals surface area contributed by atoms with Crippen LogP contribution in [0.3, 0.4) is 0 Å². The third-order valence-corrected chi connectivity index (χ3v) is 3.59. The van der Waals surface area contributed by atoms with Crippen LogP contribution in [-0.2, 0) is 4.79 Å². The number of hydrogen-bond acceptors (Lipinski definition) is 2. The van der Waals surface area contributed by atoms with Crippen LogP contribution in [0, 0.1) is 6.92 Å². The lowest BCUT2D eigenvalue weighted by molar-refractivity contribution is -0.115.